The molecular weight excluding hydrogens is 207 g/mol. The van der Waals surface area contributed by atoms with Crippen LogP contribution in [0.25, 0.3) is 0 Å². The molecule has 0 amide bonds. The van der Waals surface area contributed by atoms with Crippen molar-refractivity contribution in [2.45, 2.75) is 38.9 Å². The largest absolute Gasteiger partial charge is 0.469 e. The summed E-state index contributed by atoms with van der Waals surface area (Å²) in [5, 5.41) is 19.2. The molecule has 4 nitrogen and oxygen atoms in total. The maximum absolute atomic E-state index is 11.4. The molecular formula is C10H18NaO4. The van der Waals surface area contributed by atoms with Gasteiger partial charge < -0.3 is 14.9 Å². The number of hydrogen-bond donors (Lipinski definition) is 2. The molecule has 0 aromatic heterocycles. The molecule has 0 bridgehead atoms. The monoisotopic (exact) mass is 225 g/mol. The molecule has 1 fully saturated rings. The van der Waals surface area contributed by atoms with Gasteiger partial charge in [-0.2, -0.15) is 0 Å². The van der Waals surface area contributed by atoms with Gasteiger partial charge in [0.05, 0.1) is 25.2 Å². The first-order valence-electron chi connectivity index (χ1n) is 4.82. The third kappa shape index (κ3) is 3.43. The maximum atomic E-state index is 11.4. The molecule has 0 spiro atoms. The first-order valence-corrected chi connectivity index (χ1v) is 4.82. The van der Waals surface area contributed by atoms with E-state index >= 15 is 0 Å². The van der Waals surface area contributed by atoms with Gasteiger partial charge in [-0.15, -0.1) is 0 Å². The van der Waals surface area contributed by atoms with Gasteiger partial charge in [-0.05, 0) is 11.8 Å². The van der Waals surface area contributed by atoms with Crippen molar-refractivity contribution in [3.05, 3.63) is 0 Å². The van der Waals surface area contributed by atoms with Crippen molar-refractivity contribution in [3.8, 4) is 0 Å². The minimum atomic E-state index is -0.804. The second kappa shape index (κ2) is 5.64. The topological polar surface area (TPSA) is 66.8 Å². The van der Waals surface area contributed by atoms with Gasteiger partial charge in [0.25, 0.3) is 0 Å². The summed E-state index contributed by atoms with van der Waals surface area (Å²) >= 11 is 0. The summed E-state index contributed by atoms with van der Waals surface area (Å²) in [4.78, 5) is 11.4. The van der Waals surface area contributed by atoms with Crippen LogP contribution in [0.3, 0.4) is 0 Å². The van der Waals surface area contributed by atoms with Crippen molar-refractivity contribution in [2.24, 2.45) is 11.3 Å². The Balaban J connectivity index is 0.00000196. The first kappa shape index (κ1) is 15.4. The molecule has 1 saturated carbocycles. The number of aliphatic hydroxyl groups is 2. The minimum absolute atomic E-state index is 0. The summed E-state index contributed by atoms with van der Waals surface area (Å²) in [6.45, 7) is 3.72. The second-order valence-corrected chi connectivity index (χ2v) is 4.65. The van der Waals surface area contributed by atoms with Gasteiger partial charge in [-0.25, -0.2) is 0 Å². The zero-order valence-corrected chi connectivity index (χ0v) is 11.9. The smallest absolute Gasteiger partial charge is 0.311 e. The van der Waals surface area contributed by atoms with Crippen molar-refractivity contribution in [2.75, 3.05) is 7.11 Å². The Kier molecular flexibility index (Phi) is 5.79. The predicted molar refractivity (Wildman–Crippen MR) is 56.3 cm³/mol. The zero-order chi connectivity index (χ0) is 10.9. The molecule has 5 heteroatoms. The number of aliphatic hydroxyl groups excluding tert-OH is 2. The average Bonchev–Trinajstić information content (AvgIpc) is 1.99. The van der Waals surface area contributed by atoms with Crippen LogP contribution in [0.15, 0.2) is 0 Å². The van der Waals surface area contributed by atoms with Crippen molar-refractivity contribution < 1.29 is 19.7 Å². The van der Waals surface area contributed by atoms with Crippen LogP contribution in [0.5, 0.6) is 0 Å². The van der Waals surface area contributed by atoms with Gasteiger partial charge in [0, 0.05) is 36.0 Å². The number of carbonyl (C=O) groups excluding carboxylic acids is 1. The van der Waals surface area contributed by atoms with E-state index in [2.05, 4.69) is 4.74 Å². The molecule has 0 aromatic carbocycles. The first-order chi connectivity index (χ1) is 6.38. The summed E-state index contributed by atoms with van der Waals surface area (Å²) in [5.74, 6) is -0.926. The zero-order valence-electron chi connectivity index (χ0n) is 9.86. The molecule has 83 valence electrons. The Labute approximate surface area is 112 Å². The van der Waals surface area contributed by atoms with E-state index in [4.69, 9.17) is 0 Å². The Morgan fingerprint density at radius 3 is 2.33 bits per heavy atom. The average molecular weight is 225 g/mol. The van der Waals surface area contributed by atoms with Crippen LogP contribution in [0, 0.1) is 11.3 Å². The van der Waals surface area contributed by atoms with Crippen LogP contribution in [-0.2, 0) is 9.53 Å². The van der Waals surface area contributed by atoms with E-state index in [1.165, 1.54) is 7.11 Å². The van der Waals surface area contributed by atoms with Gasteiger partial charge in [-0.1, -0.05) is 13.8 Å². The molecule has 0 aliphatic heterocycles. The molecule has 1 rings (SSSR count). The summed E-state index contributed by atoms with van der Waals surface area (Å²) in [7, 11) is 1.32. The van der Waals surface area contributed by atoms with E-state index in [1.807, 2.05) is 13.8 Å². The standard InChI is InChI=1S/C10H18O4.Na/c1-10(2)5-6(11)4-7(12)8(10)9(13)14-3;/h6-8,11-12H,4-5H2,1-3H3;. The molecule has 2 N–H and O–H groups in total. The second-order valence-electron chi connectivity index (χ2n) is 4.65. The number of ether oxygens (including phenoxy) is 1. The predicted octanol–water partition coefficient (Wildman–Crippen LogP) is -0.0634. The van der Waals surface area contributed by atoms with Crippen LogP contribution in [0.2, 0.25) is 0 Å². The Bertz CT molecular complexity index is 229. The molecule has 1 aliphatic rings. The normalized spacial score (nSPS) is 34.1. The maximum Gasteiger partial charge on any atom is 0.311 e. The SMILES string of the molecule is COC(=O)C1C(O)CC(O)CC1(C)C.[Na]. The number of hydrogen-bond acceptors (Lipinski definition) is 4. The Hall–Kier alpha value is 0.390. The van der Waals surface area contributed by atoms with Gasteiger partial charge in [0.2, 0.25) is 0 Å². The third-order valence-electron chi connectivity index (χ3n) is 2.96. The number of carbonyl (C=O) groups is 1. The van der Waals surface area contributed by atoms with Crippen LogP contribution < -0.4 is 0 Å². The van der Waals surface area contributed by atoms with Crippen molar-refractivity contribution in [3.63, 3.8) is 0 Å². The number of esters is 1. The molecule has 0 aromatic rings. The molecule has 1 radical (unpaired) electrons. The molecule has 0 heterocycles. The fourth-order valence-electron chi connectivity index (χ4n) is 2.36. The van der Waals surface area contributed by atoms with Crippen LogP contribution in [0.1, 0.15) is 26.7 Å². The molecule has 1 aliphatic carbocycles. The number of rotatable bonds is 1. The summed E-state index contributed by atoms with van der Waals surface area (Å²) < 4.78 is 4.65. The van der Waals surface area contributed by atoms with Crippen molar-refractivity contribution >= 4 is 35.5 Å². The van der Waals surface area contributed by atoms with E-state index in [-0.39, 0.29) is 36.0 Å². The quantitative estimate of drug-likeness (QED) is 0.484. The van der Waals surface area contributed by atoms with E-state index in [1.54, 1.807) is 0 Å². The van der Waals surface area contributed by atoms with E-state index < -0.39 is 29.5 Å². The Morgan fingerprint density at radius 1 is 1.40 bits per heavy atom. The van der Waals surface area contributed by atoms with Crippen molar-refractivity contribution in [1.82, 2.24) is 0 Å². The Morgan fingerprint density at radius 2 is 1.93 bits per heavy atom. The van der Waals surface area contributed by atoms with Crippen molar-refractivity contribution in [1.29, 1.82) is 0 Å². The van der Waals surface area contributed by atoms with E-state index in [0.717, 1.165) is 0 Å². The molecule has 3 unspecified atom stereocenters. The van der Waals surface area contributed by atoms with E-state index in [0.29, 0.717) is 6.42 Å². The summed E-state index contributed by atoms with van der Waals surface area (Å²) in [6.07, 6.45) is -0.561. The number of methoxy groups -OCH3 is 1. The summed E-state index contributed by atoms with van der Waals surface area (Å²) in [6, 6.07) is 0. The van der Waals surface area contributed by atoms with Crippen LogP contribution >= 0.6 is 0 Å². The fourth-order valence-corrected chi connectivity index (χ4v) is 2.36. The summed E-state index contributed by atoms with van der Waals surface area (Å²) in [5.41, 5.74) is -0.413. The van der Waals surface area contributed by atoms with Gasteiger partial charge in [0.15, 0.2) is 0 Å². The molecule has 15 heavy (non-hydrogen) atoms. The van der Waals surface area contributed by atoms with Crippen LogP contribution in [0.4, 0.5) is 0 Å². The van der Waals surface area contributed by atoms with Gasteiger partial charge in [0.1, 0.15) is 0 Å². The fraction of sp³-hybridized carbons (Fsp3) is 0.900. The molecule has 3 atom stereocenters. The van der Waals surface area contributed by atoms with Crippen LogP contribution in [-0.4, -0.2) is 65.1 Å². The van der Waals surface area contributed by atoms with Gasteiger partial charge in [-0.3, -0.25) is 4.79 Å². The molecule has 0 saturated heterocycles. The minimum Gasteiger partial charge on any atom is -0.469 e. The van der Waals surface area contributed by atoms with E-state index in [9.17, 15) is 15.0 Å². The third-order valence-corrected chi connectivity index (χ3v) is 2.96. The van der Waals surface area contributed by atoms with Gasteiger partial charge >= 0.3 is 5.97 Å².